The highest BCUT2D eigenvalue weighted by Gasteiger charge is 2.37. The summed E-state index contributed by atoms with van der Waals surface area (Å²) in [6.45, 7) is 0. The monoisotopic (exact) mass is 279 g/mol. The summed E-state index contributed by atoms with van der Waals surface area (Å²) in [4.78, 5) is 12.2. The topological polar surface area (TPSA) is 63.2 Å². The average Bonchev–Trinajstić information content (AvgIpc) is 2.74. The van der Waals surface area contributed by atoms with Crippen molar-refractivity contribution in [3.8, 4) is 0 Å². The number of carbonyl (C=O) groups excluding carboxylic acids is 1. The van der Waals surface area contributed by atoms with Gasteiger partial charge in [-0.25, -0.2) is 8.42 Å². The quantitative estimate of drug-likeness (QED) is 0.818. The van der Waals surface area contributed by atoms with Gasteiger partial charge in [0.15, 0.2) is 9.84 Å². The second kappa shape index (κ2) is 4.35. The summed E-state index contributed by atoms with van der Waals surface area (Å²) in [5, 5.41) is 3.90. The Bertz CT molecular complexity index is 483. The van der Waals surface area contributed by atoms with Crippen molar-refractivity contribution in [2.45, 2.75) is 11.4 Å². The molecule has 2 rings (SSSR count). The van der Waals surface area contributed by atoms with Crippen LogP contribution in [0.5, 0.6) is 0 Å². The van der Waals surface area contributed by atoms with Gasteiger partial charge in [-0.2, -0.15) is 0 Å². The van der Waals surface area contributed by atoms with Crippen LogP contribution < -0.4 is 5.32 Å². The van der Waals surface area contributed by atoms with E-state index in [4.69, 9.17) is 11.6 Å². The number of hydrogen-bond donors (Lipinski definition) is 1. The molecule has 0 radical (unpaired) electrons. The molecule has 1 aliphatic rings. The number of carbonyl (C=O) groups is 1. The summed E-state index contributed by atoms with van der Waals surface area (Å²) in [5.41, 5.74) is 0. The van der Waals surface area contributed by atoms with Gasteiger partial charge in [-0.1, -0.05) is 6.07 Å². The van der Waals surface area contributed by atoms with Crippen molar-refractivity contribution in [2.75, 3.05) is 11.5 Å². The van der Waals surface area contributed by atoms with Crippen molar-refractivity contribution in [2.24, 2.45) is 0 Å². The van der Waals surface area contributed by atoms with E-state index in [-0.39, 0.29) is 17.4 Å². The molecule has 1 fully saturated rings. The van der Waals surface area contributed by atoms with Crippen LogP contribution in [-0.2, 0) is 9.84 Å². The van der Waals surface area contributed by atoms with E-state index >= 15 is 0 Å². The zero-order valence-corrected chi connectivity index (χ0v) is 10.6. The van der Waals surface area contributed by atoms with Crippen LogP contribution in [0.15, 0.2) is 17.5 Å². The molecule has 88 valence electrons. The van der Waals surface area contributed by atoms with E-state index in [2.05, 4.69) is 5.32 Å². The molecule has 7 heteroatoms. The summed E-state index contributed by atoms with van der Waals surface area (Å²) < 4.78 is 22.6. The molecular formula is C9H10ClNO3S2. The Morgan fingerprint density at radius 1 is 1.50 bits per heavy atom. The number of amides is 1. The van der Waals surface area contributed by atoms with Crippen LogP contribution in [0.2, 0.25) is 0 Å². The number of hydrogen-bond acceptors (Lipinski definition) is 4. The van der Waals surface area contributed by atoms with E-state index in [1.54, 1.807) is 17.5 Å². The van der Waals surface area contributed by atoms with Gasteiger partial charge < -0.3 is 5.32 Å². The average molecular weight is 280 g/mol. The van der Waals surface area contributed by atoms with E-state index in [1.165, 1.54) is 11.3 Å². The van der Waals surface area contributed by atoms with E-state index in [0.29, 0.717) is 4.88 Å². The molecule has 0 unspecified atom stereocenters. The van der Waals surface area contributed by atoms with Gasteiger partial charge in [0.25, 0.3) is 5.91 Å². The molecule has 0 aliphatic carbocycles. The van der Waals surface area contributed by atoms with Crippen LogP contribution >= 0.6 is 22.9 Å². The van der Waals surface area contributed by atoms with Gasteiger partial charge in [-0.3, -0.25) is 4.79 Å². The highest BCUT2D eigenvalue weighted by atomic mass is 35.5. The molecule has 1 saturated heterocycles. The molecule has 1 aromatic heterocycles. The lowest BCUT2D eigenvalue weighted by Gasteiger charge is -2.13. The third-order valence-electron chi connectivity index (χ3n) is 2.34. The first-order valence-corrected chi connectivity index (χ1v) is 7.80. The van der Waals surface area contributed by atoms with Gasteiger partial charge in [-0.05, 0) is 11.4 Å². The van der Waals surface area contributed by atoms with Crippen LogP contribution in [0.3, 0.4) is 0 Å². The Morgan fingerprint density at radius 2 is 2.25 bits per heavy atom. The van der Waals surface area contributed by atoms with Crippen molar-refractivity contribution in [1.82, 2.24) is 5.32 Å². The molecule has 0 saturated carbocycles. The molecule has 1 amide bonds. The molecule has 2 heterocycles. The molecule has 0 spiro atoms. The van der Waals surface area contributed by atoms with Crippen molar-refractivity contribution >= 4 is 38.7 Å². The Morgan fingerprint density at radius 3 is 2.75 bits per heavy atom. The van der Waals surface area contributed by atoms with Gasteiger partial charge in [0.1, 0.15) is 0 Å². The van der Waals surface area contributed by atoms with Gasteiger partial charge in [-0.15, -0.1) is 22.9 Å². The number of nitrogens with one attached hydrogen (secondary N) is 1. The second-order valence-electron chi connectivity index (χ2n) is 3.65. The highest BCUT2D eigenvalue weighted by molar-refractivity contribution is 7.91. The highest BCUT2D eigenvalue weighted by Crippen LogP contribution is 2.19. The van der Waals surface area contributed by atoms with Crippen LogP contribution in [0.4, 0.5) is 0 Å². The van der Waals surface area contributed by atoms with Gasteiger partial charge in [0.2, 0.25) is 0 Å². The summed E-state index contributed by atoms with van der Waals surface area (Å²) in [7, 11) is -3.10. The molecule has 1 aliphatic heterocycles. The molecular weight excluding hydrogens is 270 g/mol. The lowest BCUT2D eigenvalue weighted by molar-refractivity contribution is 0.0945. The minimum atomic E-state index is -3.10. The minimum absolute atomic E-state index is 0.0655. The van der Waals surface area contributed by atoms with E-state index in [1.807, 2.05) is 0 Å². The molecule has 1 N–H and O–H groups in total. The van der Waals surface area contributed by atoms with Crippen LogP contribution in [0, 0.1) is 0 Å². The van der Waals surface area contributed by atoms with Crippen molar-refractivity contribution < 1.29 is 13.2 Å². The van der Waals surface area contributed by atoms with Gasteiger partial charge in [0, 0.05) is 0 Å². The van der Waals surface area contributed by atoms with Crippen molar-refractivity contribution in [3.63, 3.8) is 0 Å². The lowest BCUT2D eigenvalue weighted by atomic mass is 10.2. The second-order valence-corrected chi connectivity index (χ2v) is 7.31. The molecule has 0 bridgehead atoms. The number of alkyl halides is 1. The molecule has 1 aromatic rings. The maximum absolute atomic E-state index is 11.7. The SMILES string of the molecule is O=C(N[C@@H]1CS(=O)(=O)C[C@H]1Cl)c1cccs1. The van der Waals surface area contributed by atoms with E-state index in [0.717, 1.165) is 0 Å². The van der Waals surface area contributed by atoms with E-state index in [9.17, 15) is 13.2 Å². The Labute approximate surface area is 103 Å². The standard InChI is InChI=1S/C9H10ClNO3S2/c10-6-4-16(13,14)5-7(6)11-9(12)8-2-1-3-15-8/h1-3,6-7H,4-5H2,(H,11,12)/t6-,7-/m1/s1. The zero-order valence-electron chi connectivity index (χ0n) is 8.22. The number of rotatable bonds is 2. The van der Waals surface area contributed by atoms with Gasteiger partial charge in [0.05, 0.1) is 27.8 Å². The number of thiophene rings is 1. The first kappa shape index (κ1) is 11.9. The molecule has 0 aromatic carbocycles. The van der Waals surface area contributed by atoms with Crippen LogP contribution in [0.1, 0.15) is 9.67 Å². The zero-order chi connectivity index (χ0) is 11.8. The maximum Gasteiger partial charge on any atom is 0.261 e. The van der Waals surface area contributed by atoms with E-state index < -0.39 is 21.3 Å². The predicted molar refractivity (Wildman–Crippen MR) is 63.9 cm³/mol. The summed E-state index contributed by atoms with van der Waals surface area (Å²) in [5.74, 6) is -0.398. The Balaban J connectivity index is 2.04. The number of halogens is 1. The minimum Gasteiger partial charge on any atom is -0.346 e. The first-order valence-electron chi connectivity index (χ1n) is 4.67. The third-order valence-corrected chi connectivity index (χ3v) is 5.59. The lowest BCUT2D eigenvalue weighted by Crippen LogP contribution is -2.40. The normalized spacial score (nSPS) is 27.8. The largest absolute Gasteiger partial charge is 0.346 e. The Hall–Kier alpha value is -0.590. The Kier molecular flexibility index (Phi) is 3.23. The summed E-state index contributed by atoms with van der Waals surface area (Å²) in [6.07, 6.45) is 0. The summed E-state index contributed by atoms with van der Waals surface area (Å²) in [6, 6.07) is 2.97. The summed E-state index contributed by atoms with van der Waals surface area (Å²) >= 11 is 7.19. The molecule has 2 atom stereocenters. The predicted octanol–water partition coefficient (Wildman–Crippen LogP) is 0.882. The fraction of sp³-hybridized carbons (Fsp3) is 0.444. The van der Waals surface area contributed by atoms with Crippen LogP contribution in [-0.4, -0.2) is 37.2 Å². The molecule has 16 heavy (non-hydrogen) atoms. The van der Waals surface area contributed by atoms with Crippen molar-refractivity contribution in [3.05, 3.63) is 22.4 Å². The number of sulfone groups is 1. The van der Waals surface area contributed by atoms with Crippen molar-refractivity contribution in [1.29, 1.82) is 0 Å². The maximum atomic E-state index is 11.7. The van der Waals surface area contributed by atoms with Crippen LogP contribution in [0.25, 0.3) is 0 Å². The third kappa shape index (κ3) is 2.56. The van der Waals surface area contributed by atoms with Gasteiger partial charge >= 0.3 is 0 Å². The smallest absolute Gasteiger partial charge is 0.261 e. The molecule has 4 nitrogen and oxygen atoms in total. The fourth-order valence-corrected chi connectivity index (χ4v) is 4.76. The first-order chi connectivity index (χ1) is 7.48. The fourth-order valence-electron chi connectivity index (χ4n) is 1.58.